The Morgan fingerprint density at radius 1 is 1.41 bits per heavy atom. The van der Waals surface area contributed by atoms with Crippen LogP contribution in [0.5, 0.6) is 0 Å². The molecule has 0 spiro atoms. The molecule has 2 aromatic rings. The number of carbonyl (C=O) groups is 1. The molecule has 0 aliphatic rings. The van der Waals surface area contributed by atoms with E-state index in [4.69, 9.17) is 0 Å². The predicted octanol–water partition coefficient (Wildman–Crippen LogP) is 2.75. The first kappa shape index (κ1) is 15.6. The standard InChI is InChI=1S/C14H15FN4O3/c1-8-13(19(21)22)9(2)18(17-8)10(3)14(20)16-12-7-5-4-6-11(12)15/h4-7,10H,1-3H3,(H,16,20)/t10-/m1/s1. The molecule has 1 aromatic heterocycles. The summed E-state index contributed by atoms with van der Waals surface area (Å²) in [4.78, 5) is 22.7. The lowest BCUT2D eigenvalue weighted by molar-refractivity contribution is -0.386. The van der Waals surface area contributed by atoms with Crippen molar-refractivity contribution in [3.63, 3.8) is 0 Å². The summed E-state index contributed by atoms with van der Waals surface area (Å²) in [5, 5.41) is 17.5. The highest BCUT2D eigenvalue weighted by molar-refractivity contribution is 5.93. The summed E-state index contributed by atoms with van der Waals surface area (Å²) in [5.41, 5.74) is 0.438. The number of aryl methyl sites for hydroxylation is 1. The second-order valence-corrected chi connectivity index (χ2v) is 4.87. The molecule has 1 amide bonds. The van der Waals surface area contributed by atoms with Gasteiger partial charge in [-0.2, -0.15) is 5.10 Å². The molecule has 22 heavy (non-hydrogen) atoms. The second-order valence-electron chi connectivity index (χ2n) is 4.87. The van der Waals surface area contributed by atoms with Gasteiger partial charge in [0.1, 0.15) is 23.2 Å². The van der Waals surface area contributed by atoms with Gasteiger partial charge < -0.3 is 5.32 Å². The zero-order valence-electron chi connectivity index (χ0n) is 12.3. The number of benzene rings is 1. The van der Waals surface area contributed by atoms with Crippen LogP contribution in [-0.4, -0.2) is 20.6 Å². The van der Waals surface area contributed by atoms with E-state index in [1.165, 1.54) is 36.7 Å². The Morgan fingerprint density at radius 3 is 2.59 bits per heavy atom. The van der Waals surface area contributed by atoms with Gasteiger partial charge >= 0.3 is 5.69 Å². The monoisotopic (exact) mass is 306 g/mol. The van der Waals surface area contributed by atoms with Gasteiger partial charge in [0.25, 0.3) is 0 Å². The van der Waals surface area contributed by atoms with Crippen molar-refractivity contribution in [2.45, 2.75) is 26.8 Å². The molecule has 7 nitrogen and oxygen atoms in total. The molecule has 1 atom stereocenters. The number of anilines is 1. The van der Waals surface area contributed by atoms with Crippen molar-refractivity contribution < 1.29 is 14.1 Å². The first-order valence-corrected chi connectivity index (χ1v) is 6.58. The number of rotatable bonds is 4. The van der Waals surface area contributed by atoms with E-state index in [0.29, 0.717) is 0 Å². The Hall–Kier alpha value is -2.77. The number of carbonyl (C=O) groups excluding carboxylic acids is 1. The molecular weight excluding hydrogens is 291 g/mol. The van der Waals surface area contributed by atoms with E-state index in [9.17, 15) is 19.3 Å². The Bertz CT molecular complexity index is 742. The molecule has 0 aliphatic carbocycles. The molecule has 8 heteroatoms. The van der Waals surface area contributed by atoms with Gasteiger partial charge in [-0.25, -0.2) is 4.39 Å². The molecule has 0 bridgehead atoms. The lowest BCUT2D eigenvalue weighted by Gasteiger charge is -2.14. The number of hydrogen-bond acceptors (Lipinski definition) is 4. The zero-order valence-corrected chi connectivity index (χ0v) is 12.3. The second kappa shape index (κ2) is 5.92. The van der Waals surface area contributed by atoms with Crippen molar-refractivity contribution in [1.82, 2.24) is 9.78 Å². The molecule has 0 aliphatic heterocycles. The van der Waals surface area contributed by atoms with Crippen LogP contribution in [0.1, 0.15) is 24.4 Å². The number of nitrogens with zero attached hydrogens (tertiary/aromatic N) is 3. The van der Waals surface area contributed by atoms with Crippen LogP contribution in [0.3, 0.4) is 0 Å². The minimum atomic E-state index is -0.813. The number of halogens is 1. The predicted molar refractivity (Wildman–Crippen MR) is 78.1 cm³/mol. The first-order valence-electron chi connectivity index (χ1n) is 6.58. The molecule has 0 saturated heterocycles. The fourth-order valence-corrected chi connectivity index (χ4v) is 2.21. The van der Waals surface area contributed by atoms with Gasteiger partial charge in [0.2, 0.25) is 5.91 Å². The SMILES string of the molecule is Cc1nn([C@H](C)C(=O)Nc2ccccc2F)c(C)c1[N+](=O)[O-]. The van der Waals surface area contributed by atoms with E-state index in [-0.39, 0.29) is 22.8 Å². The average molecular weight is 306 g/mol. The Morgan fingerprint density at radius 2 is 2.05 bits per heavy atom. The summed E-state index contributed by atoms with van der Waals surface area (Å²) in [7, 11) is 0. The van der Waals surface area contributed by atoms with Crippen LogP contribution in [0.15, 0.2) is 24.3 Å². The fourth-order valence-electron chi connectivity index (χ4n) is 2.21. The van der Waals surface area contributed by atoms with E-state index in [1.54, 1.807) is 13.0 Å². The number of nitro groups is 1. The van der Waals surface area contributed by atoms with E-state index in [0.717, 1.165) is 0 Å². The Labute approximate surface area is 125 Å². The fraction of sp³-hybridized carbons (Fsp3) is 0.286. The summed E-state index contributed by atoms with van der Waals surface area (Å²) in [5.74, 6) is -1.06. The van der Waals surface area contributed by atoms with E-state index < -0.39 is 22.7 Å². The number of hydrogen-bond donors (Lipinski definition) is 1. The summed E-state index contributed by atoms with van der Waals surface area (Å²) < 4.78 is 14.8. The molecule has 0 radical (unpaired) electrons. The van der Waals surface area contributed by atoms with Crippen molar-refractivity contribution in [3.8, 4) is 0 Å². The van der Waals surface area contributed by atoms with E-state index >= 15 is 0 Å². The van der Waals surface area contributed by atoms with Crippen molar-refractivity contribution in [2.75, 3.05) is 5.32 Å². The molecule has 0 unspecified atom stereocenters. The minimum Gasteiger partial charge on any atom is -0.322 e. The molecule has 1 heterocycles. The average Bonchev–Trinajstić information content (AvgIpc) is 2.75. The van der Waals surface area contributed by atoms with Crippen LogP contribution in [0.2, 0.25) is 0 Å². The highest BCUT2D eigenvalue weighted by atomic mass is 19.1. The summed E-state index contributed by atoms with van der Waals surface area (Å²) in [6, 6.07) is 4.96. The van der Waals surface area contributed by atoms with Crippen molar-refractivity contribution in [2.24, 2.45) is 0 Å². The number of amides is 1. The Kier molecular flexibility index (Phi) is 4.20. The maximum Gasteiger partial charge on any atom is 0.312 e. The molecule has 0 saturated carbocycles. The smallest absolute Gasteiger partial charge is 0.312 e. The summed E-state index contributed by atoms with van der Waals surface area (Å²) in [6.45, 7) is 4.56. The van der Waals surface area contributed by atoms with Gasteiger partial charge in [-0.1, -0.05) is 12.1 Å². The lowest BCUT2D eigenvalue weighted by Crippen LogP contribution is -2.25. The highest BCUT2D eigenvalue weighted by Gasteiger charge is 2.27. The van der Waals surface area contributed by atoms with E-state index in [1.807, 2.05) is 0 Å². The first-order chi connectivity index (χ1) is 10.3. The van der Waals surface area contributed by atoms with Crippen LogP contribution in [0.25, 0.3) is 0 Å². The topological polar surface area (TPSA) is 90.1 Å². The number of aromatic nitrogens is 2. The van der Waals surface area contributed by atoms with Crippen molar-refractivity contribution >= 4 is 17.3 Å². The highest BCUT2D eigenvalue weighted by Crippen LogP contribution is 2.25. The Balaban J connectivity index is 2.27. The maximum atomic E-state index is 13.5. The van der Waals surface area contributed by atoms with Crippen LogP contribution in [0, 0.1) is 29.8 Å². The minimum absolute atomic E-state index is 0.0513. The van der Waals surface area contributed by atoms with Crippen LogP contribution < -0.4 is 5.32 Å². The quantitative estimate of drug-likeness (QED) is 0.694. The molecular formula is C14H15FN4O3. The third kappa shape index (κ3) is 2.80. The van der Waals surface area contributed by atoms with Gasteiger partial charge in [-0.3, -0.25) is 19.6 Å². The van der Waals surface area contributed by atoms with Crippen LogP contribution in [0.4, 0.5) is 15.8 Å². The number of para-hydroxylation sites is 1. The van der Waals surface area contributed by atoms with Crippen LogP contribution >= 0.6 is 0 Å². The van der Waals surface area contributed by atoms with Gasteiger partial charge in [0.15, 0.2) is 0 Å². The molecule has 2 rings (SSSR count). The van der Waals surface area contributed by atoms with Crippen LogP contribution in [-0.2, 0) is 4.79 Å². The molecule has 0 fully saturated rings. The third-order valence-corrected chi connectivity index (χ3v) is 3.35. The van der Waals surface area contributed by atoms with Gasteiger partial charge in [-0.15, -0.1) is 0 Å². The van der Waals surface area contributed by atoms with Crippen molar-refractivity contribution in [1.29, 1.82) is 0 Å². The van der Waals surface area contributed by atoms with Gasteiger partial charge in [0.05, 0.1) is 10.6 Å². The molecule has 116 valence electrons. The van der Waals surface area contributed by atoms with Gasteiger partial charge in [-0.05, 0) is 32.9 Å². The molecule has 1 aromatic carbocycles. The largest absolute Gasteiger partial charge is 0.322 e. The normalized spacial score (nSPS) is 12.0. The number of nitrogens with one attached hydrogen (secondary N) is 1. The third-order valence-electron chi connectivity index (χ3n) is 3.35. The molecule has 1 N–H and O–H groups in total. The summed E-state index contributed by atoms with van der Waals surface area (Å²) in [6.07, 6.45) is 0. The zero-order chi connectivity index (χ0) is 16.4. The van der Waals surface area contributed by atoms with Gasteiger partial charge in [0, 0.05) is 0 Å². The lowest BCUT2D eigenvalue weighted by atomic mass is 10.2. The summed E-state index contributed by atoms with van der Waals surface area (Å²) >= 11 is 0. The van der Waals surface area contributed by atoms with E-state index in [2.05, 4.69) is 10.4 Å². The maximum absolute atomic E-state index is 13.5. The van der Waals surface area contributed by atoms with Crippen molar-refractivity contribution in [3.05, 3.63) is 51.6 Å².